The average molecular weight is 231 g/mol. The lowest BCUT2D eigenvalue weighted by atomic mass is 10.4. The van der Waals surface area contributed by atoms with Crippen molar-refractivity contribution in [3.63, 3.8) is 0 Å². The van der Waals surface area contributed by atoms with Crippen LogP contribution in [0.15, 0.2) is 10.7 Å². The second kappa shape index (κ2) is 3.82. The predicted octanol–water partition coefficient (Wildman–Crippen LogP) is 0.764. The van der Waals surface area contributed by atoms with Gasteiger partial charge in [-0.05, 0) is 22.0 Å². The van der Waals surface area contributed by atoms with Crippen molar-refractivity contribution in [3.8, 4) is 0 Å². The van der Waals surface area contributed by atoms with Gasteiger partial charge in [0.25, 0.3) is 0 Å². The molecule has 0 bridgehead atoms. The topological polar surface area (TPSA) is 55.0 Å². The molecule has 1 aromatic rings. The third-order valence-electron chi connectivity index (χ3n) is 1.35. The Hall–Kier alpha value is -0.680. The Balaban J connectivity index is 3.06. The van der Waals surface area contributed by atoms with E-state index in [1.165, 1.54) is 0 Å². The summed E-state index contributed by atoms with van der Waals surface area (Å²) >= 11 is 3.29. The highest BCUT2D eigenvalue weighted by molar-refractivity contribution is 9.10. The van der Waals surface area contributed by atoms with Gasteiger partial charge in [-0.1, -0.05) is 0 Å². The lowest BCUT2D eigenvalue weighted by Gasteiger charge is -2.10. The maximum Gasteiger partial charge on any atom is 0.226 e. The minimum absolute atomic E-state index is 0.432. The number of hydrogen-bond donors (Lipinski definition) is 1. The maximum absolute atomic E-state index is 5.46. The normalized spacial score (nSPS) is 10.0. The van der Waals surface area contributed by atoms with Crippen LogP contribution in [0.5, 0.6) is 0 Å². The molecule has 0 fully saturated rings. The van der Waals surface area contributed by atoms with Crippen LogP contribution in [0.25, 0.3) is 0 Å². The number of halogens is 1. The van der Waals surface area contributed by atoms with Crippen LogP contribution in [-0.2, 0) is 6.54 Å². The highest BCUT2D eigenvalue weighted by atomic mass is 79.9. The van der Waals surface area contributed by atoms with Crippen molar-refractivity contribution in [3.05, 3.63) is 16.4 Å². The van der Waals surface area contributed by atoms with Gasteiger partial charge in [0.15, 0.2) is 0 Å². The van der Waals surface area contributed by atoms with E-state index in [4.69, 9.17) is 5.73 Å². The number of anilines is 1. The lowest BCUT2D eigenvalue weighted by Crippen LogP contribution is -2.14. The van der Waals surface area contributed by atoms with Crippen molar-refractivity contribution in [1.82, 2.24) is 9.97 Å². The third kappa shape index (κ3) is 2.15. The van der Waals surface area contributed by atoms with Gasteiger partial charge in [0.1, 0.15) is 4.60 Å². The van der Waals surface area contributed by atoms with E-state index < -0.39 is 0 Å². The van der Waals surface area contributed by atoms with Crippen LogP contribution >= 0.6 is 15.9 Å². The minimum atomic E-state index is 0.432. The van der Waals surface area contributed by atoms with Crippen LogP contribution < -0.4 is 10.6 Å². The average Bonchev–Trinajstić information content (AvgIpc) is 2.03. The quantitative estimate of drug-likeness (QED) is 0.763. The van der Waals surface area contributed by atoms with Gasteiger partial charge >= 0.3 is 0 Å². The first-order valence-electron chi connectivity index (χ1n) is 3.54. The van der Waals surface area contributed by atoms with E-state index in [2.05, 4.69) is 25.9 Å². The molecule has 0 amide bonds. The summed E-state index contributed by atoms with van der Waals surface area (Å²) in [4.78, 5) is 10.2. The van der Waals surface area contributed by atoms with E-state index in [0.717, 1.165) is 10.3 Å². The smallest absolute Gasteiger partial charge is 0.226 e. The molecule has 0 aliphatic rings. The summed E-state index contributed by atoms with van der Waals surface area (Å²) < 4.78 is 0.765. The molecule has 0 radical (unpaired) electrons. The summed E-state index contributed by atoms with van der Waals surface area (Å²) in [5.74, 6) is 0.671. The Morgan fingerprint density at radius 2 is 2.17 bits per heavy atom. The van der Waals surface area contributed by atoms with Crippen molar-refractivity contribution >= 4 is 21.9 Å². The molecule has 0 aliphatic carbocycles. The van der Waals surface area contributed by atoms with Crippen molar-refractivity contribution in [2.75, 3.05) is 19.0 Å². The molecule has 12 heavy (non-hydrogen) atoms. The van der Waals surface area contributed by atoms with E-state index in [0.29, 0.717) is 12.5 Å². The molecule has 0 aliphatic heterocycles. The molecule has 0 aromatic carbocycles. The largest absolute Gasteiger partial charge is 0.347 e. The van der Waals surface area contributed by atoms with Gasteiger partial charge in [-0.3, -0.25) is 0 Å². The van der Waals surface area contributed by atoms with Crippen LogP contribution in [0, 0.1) is 0 Å². The zero-order valence-electron chi connectivity index (χ0n) is 7.08. The van der Waals surface area contributed by atoms with Gasteiger partial charge in [-0.15, -0.1) is 0 Å². The summed E-state index contributed by atoms with van der Waals surface area (Å²) in [6.45, 7) is 0.432. The van der Waals surface area contributed by atoms with Crippen LogP contribution in [0.3, 0.4) is 0 Å². The Labute approximate surface area is 79.9 Å². The molecule has 0 unspecified atom stereocenters. The molecule has 5 heteroatoms. The molecule has 4 nitrogen and oxygen atoms in total. The molecular formula is C7H11BrN4. The molecule has 0 atom stereocenters. The standard InChI is InChI=1S/C7H11BrN4/c1-12(2)7-10-5(4-9)3-6(8)11-7/h3H,4,9H2,1-2H3. The van der Waals surface area contributed by atoms with Gasteiger partial charge in [0, 0.05) is 20.6 Å². The summed E-state index contributed by atoms with van der Waals surface area (Å²) in [5.41, 5.74) is 6.29. The molecule has 0 saturated heterocycles. The van der Waals surface area contributed by atoms with E-state index in [9.17, 15) is 0 Å². The monoisotopic (exact) mass is 230 g/mol. The number of rotatable bonds is 2. The van der Waals surface area contributed by atoms with Gasteiger partial charge in [0.2, 0.25) is 5.95 Å². The fourth-order valence-electron chi connectivity index (χ4n) is 0.756. The highest BCUT2D eigenvalue weighted by Gasteiger charge is 2.02. The molecule has 0 spiro atoms. The molecule has 0 saturated carbocycles. The van der Waals surface area contributed by atoms with E-state index in [-0.39, 0.29) is 0 Å². The molecule has 66 valence electrons. The lowest BCUT2D eigenvalue weighted by molar-refractivity contribution is 0.914. The molecule has 2 N–H and O–H groups in total. The van der Waals surface area contributed by atoms with E-state index in [1.807, 2.05) is 25.1 Å². The fourth-order valence-corrected chi connectivity index (χ4v) is 1.18. The van der Waals surface area contributed by atoms with Crippen molar-refractivity contribution < 1.29 is 0 Å². The zero-order chi connectivity index (χ0) is 9.14. The fraction of sp³-hybridized carbons (Fsp3) is 0.429. The van der Waals surface area contributed by atoms with E-state index >= 15 is 0 Å². The van der Waals surface area contributed by atoms with Crippen LogP contribution in [-0.4, -0.2) is 24.1 Å². The van der Waals surface area contributed by atoms with E-state index in [1.54, 1.807) is 0 Å². The first kappa shape index (κ1) is 9.41. The SMILES string of the molecule is CN(C)c1nc(Br)cc(CN)n1. The van der Waals surface area contributed by atoms with Crippen molar-refractivity contribution in [2.45, 2.75) is 6.54 Å². The second-order valence-electron chi connectivity index (χ2n) is 2.58. The zero-order valence-corrected chi connectivity index (χ0v) is 8.67. The van der Waals surface area contributed by atoms with Crippen LogP contribution in [0.2, 0.25) is 0 Å². The van der Waals surface area contributed by atoms with Crippen LogP contribution in [0.4, 0.5) is 5.95 Å². The first-order valence-corrected chi connectivity index (χ1v) is 4.33. The predicted molar refractivity (Wildman–Crippen MR) is 52.0 cm³/mol. The number of hydrogen-bond acceptors (Lipinski definition) is 4. The first-order chi connectivity index (χ1) is 5.63. The Bertz CT molecular complexity index is 274. The van der Waals surface area contributed by atoms with Crippen LogP contribution in [0.1, 0.15) is 5.69 Å². The molecule has 1 aromatic heterocycles. The summed E-state index contributed by atoms with van der Waals surface area (Å²) in [6.07, 6.45) is 0. The molecule has 1 rings (SSSR count). The van der Waals surface area contributed by atoms with Gasteiger partial charge < -0.3 is 10.6 Å². The third-order valence-corrected chi connectivity index (χ3v) is 1.75. The number of aromatic nitrogens is 2. The second-order valence-corrected chi connectivity index (χ2v) is 3.39. The van der Waals surface area contributed by atoms with Gasteiger partial charge in [0.05, 0.1) is 5.69 Å². The Morgan fingerprint density at radius 1 is 1.50 bits per heavy atom. The Morgan fingerprint density at radius 3 is 2.67 bits per heavy atom. The number of nitrogens with two attached hydrogens (primary N) is 1. The summed E-state index contributed by atoms with van der Waals surface area (Å²) in [5, 5.41) is 0. The highest BCUT2D eigenvalue weighted by Crippen LogP contribution is 2.12. The number of nitrogens with zero attached hydrogens (tertiary/aromatic N) is 3. The Kier molecular flexibility index (Phi) is 2.99. The van der Waals surface area contributed by atoms with Gasteiger partial charge in [-0.25, -0.2) is 9.97 Å². The van der Waals surface area contributed by atoms with Crippen molar-refractivity contribution in [2.24, 2.45) is 5.73 Å². The molecule has 1 heterocycles. The summed E-state index contributed by atoms with van der Waals surface area (Å²) in [6, 6.07) is 1.81. The van der Waals surface area contributed by atoms with Crippen molar-refractivity contribution in [1.29, 1.82) is 0 Å². The molecular weight excluding hydrogens is 220 g/mol. The maximum atomic E-state index is 5.46. The summed E-state index contributed by atoms with van der Waals surface area (Å²) in [7, 11) is 3.78. The van der Waals surface area contributed by atoms with Gasteiger partial charge in [-0.2, -0.15) is 0 Å². The minimum Gasteiger partial charge on any atom is -0.347 e.